The highest BCUT2D eigenvalue weighted by atomic mass is 28.4. The molecule has 0 aromatic heterocycles. The quantitative estimate of drug-likeness (QED) is 0.628. The van der Waals surface area contributed by atoms with Gasteiger partial charge in [-0.2, -0.15) is 0 Å². The Morgan fingerprint density at radius 1 is 1.40 bits per heavy atom. The molecule has 2 nitrogen and oxygen atoms in total. The summed E-state index contributed by atoms with van der Waals surface area (Å²) in [6.45, 7) is 9.81. The molecule has 0 saturated carbocycles. The minimum atomic E-state index is -1.41. The molecule has 0 rings (SSSR count). The highest BCUT2D eigenvalue weighted by molar-refractivity contribution is 6.72. The van der Waals surface area contributed by atoms with Gasteiger partial charge in [0.25, 0.3) is 8.48 Å². The fraction of sp³-hybridized carbons (Fsp3) is 1.00. The van der Waals surface area contributed by atoms with E-state index < -0.39 is 8.48 Å². The highest BCUT2D eigenvalue weighted by Gasteiger charge is 2.19. The zero-order valence-corrected chi connectivity index (χ0v) is 9.94. The van der Waals surface area contributed by atoms with Crippen LogP contribution in [0.15, 0.2) is 0 Å². The van der Waals surface area contributed by atoms with Gasteiger partial charge < -0.3 is 9.10 Å². The van der Waals surface area contributed by atoms with E-state index in [9.17, 15) is 0 Å². The first-order valence-corrected chi connectivity index (χ1v) is 8.50. The maximum Gasteiger partial charge on any atom is 0.251 e. The lowest BCUT2D eigenvalue weighted by atomic mass is 10.8. The molecule has 0 fully saturated rings. The maximum absolute atomic E-state index is 5.79. The first kappa shape index (κ1) is 10.4. The molecule has 0 aliphatic carbocycles. The normalized spacial score (nSPS) is 13.2. The molecule has 0 bridgehead atoms. The summed E-state index contributed by atoms with van der Waals surface area (Å²) in [5.74, 6) is 0. The lowest BCUT2D eigenvalue weighted by Crippen LogP contribution is -2.48. The van der Waals surface area contributed by atoms with Crippen LogP contribution in [0.2, 0.25) is 19.1 Å². The smallest absolute Gasteiger partial charge is 0.251 e. The molecule has 10 heavy (non-hydrogen) atoms. The van der Waals surface area contributed by atoms with Crippen molar-refractivity contribution in [2.24, 2.45) is 0 Å². The second kappa shape index (κ2) is 5.06. The molecule has 0 amide bonds. The van der Waals surface area contributed by atoms with E-state index in [1.165, 1.54) is 6.04 Å². The Morgan fingerprint density at radius 2 is 2.00 bits per heavy atom. The Hall–Kier alpha value is 0.354. The first-order chi connectivity index (χ1) is 4.62. The number of rotatable bonds is 5. The molecule has 0 heterocycles. The van der Waals surface area contributed by atoms with E-state index >= 15 is 0 Å². The molecule has 0 aromatic rings. The van der Waals surface area contributed by atoms with Crippen molar-refractivity contribution in [2.75, 3.05) is 6.54 Å². The van der Waals surface area contributed by atoms with Crippen LogP contribution in [0.3, 0.4) is 0 Å². The van der Waals surface area contributed by atoms with Gasteiger partial charge in [0.1, 0.15) is 9.76 Å². The zero-order chi connectivity index (χ0) is 8.04. The van der Waals surface area contributed by atoms with Crippen molar-refractivity contribution in [3.05, 3.63) is 0 Å². The first-order valence-electron chi connectivity index (χ1n) is 4.01. The molecule has 0 aromatic carbocycles. The molecule has 62 valence electrons. The Kier molecular flexibility index (Phi) is 5.24. The fourth-order valence-corrected chi connectivity index (χ4v) is 4.95. The van der Waals surface area contributed by atoms with Gasteiger partial charge in [-0.3, -0.25) is 0 Å². The Balaban J connectivity index is 3.42. The van der Waals surface area contributed by atoms with Crippen LogP contribution in [-0.4, -0.2) is 24.8 Å². The fourth-order valence-electron chi connectivity index (χ4n) is 0.834. The van der Waals surface area contributed by atoms with Crippen LogP contribution < -0.4 is 4.98 Å². The van der Waals surface area contributed by atoms with Gasteiger partial charge in [0.2, 0.25) is 0 Å². The molecule has 0 saturated heterocycles. The second-order valence-corrected chi connectivity index (χ2v) is 8.83. The highest BCUT2D eigenvalue weighted by Crippen LogP contribution is 1.97. The van der Waals surface area contributed by atoms with Gasteiger partial charge in [-0.15, -0.1) is 0 Å². The maximum atomic E-state index is 5.79. The van der Waals surface area contributed by atoms with E-state index in [2.05, 4.69) is 31.9 Å². The molecule has 0 unspecified atom stereocenters. The third kappa shape index (κ3) is 5.16. The van der Waals surface area contributed by atoms with Crippen LogP contribution in [0.5, 0.6) is 0 Å². The van der Waals surface area contributed by atoms with Crippen LogP contribution in [-0.2, 0) is 4.12 Å². The lowest BCUT2D eigenvalue weighted by Gasteiger charge is -2.23. The van der Waals surface area contributed by atoms with E-state index in [1.54, 1.807) is 0 Å². The predicted octanol–water partition coefficient (Wildman–Crippen LogP) is 0.836. The molecule has 0 aliphatic rings. The average Bonchev–Trinajstić information content (AvgIpc) is 1.84. The van der Waals surface area contributed by atoms with Gasteiger partial charge in [0, 0.05) is 0 Å². The summed E-state index contributed by atoms with van der Waals surface area (Å²) in [4.78, 5) is 3.41. The molecule has 4 heteroatoms. The van der Waals surface area contributed by atoms with Gasteiger partial charge in [-0.1, -0.05) is 13.8 Å². The van der Waals surface area contributed by atoms with Crippen molar-refractivity contribution in [1.82, 2.24) is 4.98 Å². The number of hydrogen-bond donors (Lipinski definition) is 1. The van der Waals surface area contributed by atoms with Gasteiger partial charge in [-0.25, -0.2) is 0 Å². The van der Waals surface area contributed by atoms with E-state index in [0.717, 1.165) is 6.54 Å². The summed E-state index contributed by atoms with van der Waals surface area (Å²) in [6, 6.07) is 1.25. The summed E-state index contributed by atoms with van der Waals surface area (Å²) < 4.78 is 5.79. The zero-order valence-electron chi connectivity index (χ0n) is 7.53. The van der Waals surface area contributed by atoms with E-state index in [-0.39, 0.29) is 9.76 Å². The summed E-state index contributed by atoms with van der Waals surface area (Å²) in [5.41, 5.74) is 0. The van der Waals surface area contributed by atoms with Crippen LogP contribution in [0.1, 0.15) is 13.8 Å². The molecule has 0 radical (unpaired) electrons. The summed E-state index contributed by atoms with van der Waals surface area (Å²) in [5, 5.41) is 0. The molecule has 0 atom stereocenters. The van der Waals surface area contributed by atoms with Crippen molar-refractivity contribution in [2.45, 2.75) is 33.0 Å². The van der Waals surface area contributed by atoms with Gasteiger partial charge in [0.05, 0.1) is 0 Å². The van der Waals surface area contributed by atoms with Gasteiger partial charge >= 0.3 is 0 Å². The molecule has 0 spiro atoms. The standard InChI is InChI=1S/C6H19NOSi2/c1-5-7-10(3,4)8-9-6-2/h7H,5-6,9H2,1-4H3. The number of hydrogen-bond acceptors (Lipinski definition) is 2. The lowest BCUT2D eigenvalue weighted by molar-refractivity contribution is 0.562. The summed E-state index contributed by atoms with van der Waals surface area (Å²) >= 11 is 0. The van der Waals surface area contributed by atoms with E-state index in [4.69, 9.17) is 4.12 Å². The summed E-state index contributed by atoms with van der Waals surface area (Å²) in [7, 11) is -1.62. The molecular weight excluding hydrogens is 158 g/mol. The Morgan fingerprint density at radius 3 is 2.40 bits per heavy atom. The SMILES string of the molecule is CCN[Si](C)(C)O[SiH2]CC. The summed E-state index contributed by atoms with van der Waals surface area (Å²) in [6.07, 6.45) is 0. The van der Waals surface area contributed by atoms with Crippen LogP contribution in [0.4, 0.5) is 0 Å². The van der Waals surface area contributed by atoms with Crippen molar-refractivity contribution < 1.29 is 4.12 Å². The van der Waals surface area contributed by atoms with Gasteiger partial charge in [-0.05, 0) is 25.7 Å². The topological polar surface area (TPSA) is 21.3 Å². The molecular formula is C6H19NOSi2. The van der Waals surface area contributed by atoms with E-state index in [0.29, 0.717) is 0 Å². The van der Waals surface area contributed by atoms with Gasteiger partial charge in [0.15, 0.2) is 0 Å². The van der Waals surface area contributed by atoms with Crippen LogP contribution in [0, 0.1) is 0 Å². The van der Waals surface area contributed by atoms with Crippen molar-refractivity contribution in [3.63, 3.8) is 0 Å². The predicted molar refractivity (Wildman–Crippen MR) is 51.3 cm³/mol. The van der Waals surface area contributed by atoms with Crippen molar-refractivity contribution in [1.29, 1.82) is 0 Å². The Bertz CT molecular complexity index is 87.8. The number of nitrogens with one attached hydrogen (secondary N) is 1. The minimum absolute atomic E-state index is 0.204. The second-order valence-electron chi connectivity index (χ2n) is 2.89. The third-order valence-electron chi connectivity index (χ3n) is 1.27. The van der Waals surface area contributed by atoms with Crippen LogP contribution in [0.25, 0.3) is 0 Å². The Labute approximate surface area is 67.5 Å². The third-order valence-corrected chi connectivity index (χ3v) is 6.59. The largest absolute Gasteiger partial charge is 0.450 e. The van der Waals surface area contributed by atoms with E-state index in [1.807, 2.05) is 0 Å². The molecule has 0 aliphatic heterocycles. The van der Waals surface area contributed by atoms with Crippen LogP contribution >= 0.6 is 0 Å². The monoisotopic (exact) mass is 177 g/mol. The minimum Gasteiger partial charge on any atom is -0.450 e. The average molecular weight is 177 g/mol. The van der Waals surface area contributed by atoms with Crippen molar-refractivity contribution in [3.8, 4) is 0 Å². The van der Waals surface area contributed by atoms with Crippen molar-refractivity contribution >= 4 is 18.2 Å². The molecule has 1 N–H and O–H groups in total.